The molecule has 1 aliphatic carbocycles. The summed E-state index contributed by atoms with van der Waals surface area (Å²) in [7, 11) is 0. The second-order valence-corrected chi connectivity index (χ2v) is 8.07. The maximum absolute atomic E-state index is 13.0. The van der Waals surface area contributed by atoms with E-state index in [2.05, 4.69) is 5.32 Å². The number of carbonyl (C=O) groups is 3. The van der Waals surface area contributed by atoms with Gasteiger partial charge in [-0.2, -0.15) is 11.3 Å². The van der Waals surface area contributed by atoms with Crippen LogP contribution in [0.5, 0.6) is 0 Å². The third-order valence-electron chi connectivity index (χ3n) is 5.13. The van der Waals surface area contributed by atoms with E-state index in [1.54, 1.807) is 11.3 Å². The molecule has 1 aromatic heterocycles. The highest BCUT2D eigenvalue weighted by Gasteiger charge is 2.50. The molecule has 142 valence electrons. The quantitative estimate of drug-likeness (QED) is 0.672. The van der Waals surface area contributed by atoms with Crippen LogP contribution in [0.1, 0.15) is 57.9 Å². The van der Waals surface area contributed by atoms with Gasteiger partial charge in [0.25, 0.3) is 5.91 Å². The Labute approximate surface area is 158 Å². The van der Waals surface area contributed by atoms with Gasteiger partial charge in [-0.15, -0.1) is 0 Å². The van der Waals surface area contributed by atoms with Crippen molar-refractivity contribution in [1.29, 1.82) is 0 Å². The largest absolute Gasteiger partial charge is 0.334 e. The zero-order valence-corrected chi connectivity index (χ0v) is 16.3. The lowest BCUT2D eigenvalue weighted by atomic mass is 9.88. The van der Waals surface area contributed by atoms with E-state index in [4.69, 9.17) is 0 Å². The Morgan fingerprint density at radius 2 is 2.00 bits per heavy atom. The number of nitrogens with one attached hydrogen (secondary N) is 1. The summed E-state index contributed by atoms with van der Waals surface area (Å²) in [4.78, 5) is 41.2. The van der Waals surface area contributed by atoms with Gasteiger partial charge in [-0.05, 0) is 48.1 Å². The van der Waals surface area contributed by atoms with Crippen LogP contribution in [-0.4, -0.2) is 45.8 Å². The van der Waals surface area contributed by atoms with Crippen molar-refractivity contribution >= 4 is 29.2 Å². The molecule has 6 nitrogen and oxygen atoms in total. The molecule has 4 amide bonds. The molecule has 1 aromatic rings. The van der Waals surface area contributed by atoms with E-state index in [9.17, 15) is 14.4 Å². The van der Waals surface area contributed by atoms with Crippen LogP contribution < -0.4 is 5.32 Å². The molecule has 26 heavy (non-hydrogen) atoms. The average molecular weight is 378 g/mol. The summed E-state index contributed by atoms with van der Waals surface area (Å²) in [5.74, 6) is -0.392. The second-order valence-electron chi connectivity index (χ2n) is 7.29. The standard InChI is InChI=1S/C19H27N3O3S/c1-3-8-19(9-4-2)17(24)22(18(25)20-19)12-16(23)21(15-5-6-15)11-14-7-10-26-13-14/h7,10,13,15H,3-6,8-9,11-12H2,1-2H3,(H,20,25). The van der Waals surface area contributed by atoms with Crippen LogP contribution in [0, 0.1) is 0 Å². The third-order valence-corrected chi connectivity index (χ3v) is 5.87. The molecule has 1 saturated carbocycles. The SMILES string of the molecule is CCCC1(CCC)NC(=O)N(CC(=O)N(Cc2ccsc2)C2CC2)C1=O. The molecule has 0 radical (unpaired) electrons. The summed E-state index contributed by atoms with van der Waals surface area (Å²) >= 11 is 1.60. The molecule has 2 heterocycles. The smallest absolute Gasteiger partial charge is 0.325 e. The van der Waals surface area contributed by atoms with Crippen molar-refractivity contribution in [2.24, 2.45) is 0 Å². The molecule has 0 bridgehead atoms. The summed E-state index contributed by atoms with van der Waals surface area (Å²) in [5.41, 5.74) is 0.261. The van der Waals surface area contributed by atoms with Crippen LogP contribution in [0.2, 0.25) is 0 Å². The number of hydrogen-bond acceptors (Lipinski definition) is 4. The van der Waals surface area contributed by atoms with Crippen molar-refractivity contribution in [3.8, 4) is 0 Å². The highest BCUT2D eigenvalue weighted by atomic mass is 32.1. The minimum absolute atomic E-state index is 0.147. The van der Waals surface area contributed by atoms with Crippen molar-refractivity contribution < 1.29 is 14.4 Å². The van der Waals surface area contributed by atoms with E-state index in [1.165, 1.54) is 0 Å². The summed E-state index contributed by atoms with van der Waals surface area (Å²) in [6.07, 6.45) is 4.81. The fourth-order valence-corrected chi connectivity index (χ4v) is 4.41. The van der Waals surface area contributed by atoms with Gasteiger partial charge >= 0.3 is 6.03 Å². The van der Waals surface area contributed by atoms with Crippen molar-refractivity contribution in [1.82, 2.24) is 15.1 Å². The number of thiophene rings is 1. The third kappa shape index (κ3) is 3.77. The number of carbonyl (C=O) groups excluding carboxylic acids is 3. The fraction of sp³-hybridized carbons (Fsp3) is 0.632. The molecule has 2 aliphatic rings. The Morgan fingerprint density at radius 1 is 1.31 bits per heavy atom. The number of imide groups is 1. The summed E-state index contributed by atoms with van der Waals surface area (Å²) in [6.45, 7) is 4.38. The maximum Gasteiger partial charge on any atom is 0.325 e. The van der Waals surface area contributed by atoms with E-state index in [0.29, 0.717) is 19.4 Å². The molecule has 0 unspecified atom stereocenters. The van der Waals surface area contributed by atoms with Crippen LogP contribution in [-0.2, 0) is 16.1 Å². The Morgan fingerprint density at radius 3 is 2.54 bits per heavy atom. The zero-order chi connectivity index (χ0) is 18.7. The van der Waals surface area contributed by atoms with Gasteiger partial charge in [-0.1, -0.05) is 26.7 Å². The van der Waals surface area contributed by atoms with E-state index >= 15 is 0 Å². The van der Waals surface area contributed by atoms with Gasteiger partial charge in [0, 0.05) is 12.6 Å². The highest BCUT2D eigenvalue weighted by molar-refractivity contribution is 7.07. The first-order chi connectivity index (χ1) is 12.5. The van der Waals surface area contributed by atoms with Gasteiger partial charge in [-0.25, -0.2) is 4.79 Å². The molecule has 1 aliphatic heterocycles. The predicted molar refractivity (Wildman–Crippen MR) is 101 cm³/mol. The first kappa shape index (κ1) is 18.9. The normalized spacial score (nSPS) is 18.9. The Hall–Kier alpha value is -1.89. The average Bonchev–Trinajstić information content (AvgIpc) is 3.26. The van der Waals surface area contributed by atoms with Crippen molar-refractivity contribution in [3.05, 3.63) is 22.4 Å². The molecule has 7 heteroatoms. The van der Waals surface area contributed by atoms with E-state index in [0.717, 1.165) is 36.1 Å². The lowest BCUT2D eigenvalue weighted by molar-refractivity contribution is -0.140. The zero-order valence-electron chi connectivity index (χ0n) is 15.5. The topological polar surface area (TPSA) is 69.7 Å². The van der Waals surface area contributed by atoms with Crippen molar-refractivity contribution in [2.75, 3.05) is 6.54 Å². The summed E-state index contributed by atoms with van der Waals surface area (Å²) < 4.78 is 0. The van der Waals surface area contributed by atoms with E-state index in [1.807, 2.05) is 35.6 Å². The van der Waals surface area contributed by atoms with Crippen LogP contribution >= 0.6 is 11.3 Å². The van der Waals surface area contributed by atoms with Gasteiger partial charge < -0.3 is 10.2 Å². The molecular formula is C19H27N3O3S. The Kier molecular flexibility index (Phi) is 5.65. The Bertz CT molecular complexity index is 664. The Balaban J connectivity index is 1.71. The summed E-state index contributed by atoms with van der Waals surface area (Å²) in [6, 6.07) is 1.81. The highest BCUT2D eigenvalue weighted by Crippen LogP contribution is 2.31. The van der Waals surface area contributed by atoms with Crippen molar-refractivity contribution in [2.45, 2.75) is 70.5 Å². The molecule has 2 fully saturated rings. The van der Waals surface area contributed by atoms with Crippen LogP contribution in [0.25, 0.3) is 0 Å². The number of rotatable bonds is 9. The number of urea groups is 1. The van der Waals surface area contributed by atoms with Gasteiger partial charge in [0.05, 0.1) is 0 Å². The van der Waals surface area contributed by atoms with Gasteiger partial charge in [0.15, 0.2) is 0 Å². The van der Waals surface area contributed by atoms with Crippen LogP contribution in [0.3, 0.4) is 0 Å². The van der Waals surface area contributed by atoms with Crippen molar-refractivity contribution in [3.63, 3.8) is 0 Å². The monoisotopic (exact) mass is 377 g/mol. The lowest BCUT2D eigenvalue weighted by Crippen LogP contribution is -2.48. The number of hydrogen-bond donors (Lipinski definition) is 1. The van der Waals surface area contributed by atoms with Crippen LogP contribution in [0.15, 0.2) is 16.8 Å². The number of nitrogens with zero attached hydrogens (tertiary/aromatic N) is 2. The van der Waals surface area contributed by atoms with Crippen LogP contribution in [0.4, 0.5) is 4.79 Å². The predicted octanol–water partition coefficient (Wildman–Crippen LogP) is 3.13. The fourth-order valence-electron chi connectivity index (χ4n) is 3.75. The van der Waals surface area contributed by atoms with Gasteiger partial charge in [0.1, 0.15) is 12.1 Å². The van der Waals surface area contributed by atoms with E-state index in [-0.39, 0.29) is 24.4 Å². The molecule has 1 saturated heterocycles. The second kappa shape index (κ2) is 7.78. The maximum atomic E-state index is 13.0. The molecule has 0 aromatic carbocycles. The molecule has 3 rings (SSSR count). The minimum Gasteiger partial charge on any atom is -0.334 e. The van der Waals surface area contributed by atoms with Gasteiger partial charge in [-0.3, -0.25) is 14.5 Å². The lowest BCUT2D eigenvalue weighted by Gasteiger charge is -2.27. The van der Waals surface area contributed by atoms with Gasteiger partial charge in [0.2, 0.25) is 5.91 Å². The number of amides is 4. The molecule has 1 N–H and O–H groups in total. The molecule has 0 spiro atoms. The van der Waals surface area contributed by atoms with E-state index < -0.39 is 11.6 Å². The molecular weight excluding hydrogens is 350 g/mol. The first-order valence-electron chi connectivity index (χ1n) is 9.45. The molecule has 0 atom stereocenters. The summed E-state index contributed by atoms with van der Waals surface area (Å²) in [5, 5.41) is 6.90. The first-order valence-corrected chi connectivity index (χ1v) is 10.4. The minimum atomic E-state index is -0.835.